The van der Waals surface area contributed by atoms with Gasteiger partial charge in [-0.25, -0.2) is 17.5 Å². The molecule has 0 aromatic heterocycles. The molecule has 1 N–H and O–H groups in total. The van der Waals surface area contributed by atoms with Crippen LogP contribution in [0.4, 0.5) is 4.39 Å². The van der Waals surface area contributed by atoms with Crippen LogP contribution in [0.5, 0.6) is 0 Å². The van der Waals surface area contributed by atoms with Crippen molar-refractivity contribution in [3.63, 3.8) is 0 Å². The lowest BCUT2D eigenvalue weighted by atomic mass is 10.1. The molecule has 0 fully saturated rings. The highest BCUT2D eigenvalue weighted by Crippen LogP contribution is 2.17. The van der Waals surface area contributed by atoms with E-state index in [1.54, 1.807) is 39.8 Å². The molecule has 0 aliphatic carbocycles. The van der Waals surface area contributed by atoms with E-state index in [-0.39, 0.29) is 5.82 Å². The maximum absolute atomic E-state index is 13.4. The van der Waals surface area contributed by atoms with Crippen LogP contribution in [0.3, 0.4) is 0 Å². The van der Waals surface area contributed by atoms with E-state index in [1.165, 1.54) is 6.07 Å². The summed E-state index contributed by atoms with van der Waals surface area (Å²) in [5, 5.41) is -0.500. The molecule has 0 saturated heterocycles. The van der Waals surface area contributed by atoms with E-state index in [0.717, 1.165) is 0 Å². The van der Waals surface area contributed by atoms with Crippen LogP contribution in [0.25, 0.3) is 0 Å². The zero-order chi connectivity index (χ0) is 13.2. The van der Waals surface area contributed by atoms with Gasteiger partial charge in [0.2, 0.25) is 10.0 Å². The number of halogens is 1. The number of hydrogen-bond acceptors (Lipinski definition) is 2. The molecule has 1 rings (SSSR count). The standard InChI is InChI=1S/C12H18FNO2S/c1-8(2)17(15,16)14-10(4)11-6-5-9(3)12(13)7-11/h5-8,10,14H,1-4H3. The first-order valence-electron chi connectivity index (χ1n) is 5.51. The zero-order valence-corrected chi connectivity index (χ0v) is 11.3. The molecular formula is C12H18FNO2S. The minimum absolute atomic E-state index is 0.321. The number of rotatable bonds is 4. The van der Waals surface area contributed by atoms with Crippen molar-refractivity contribution >= 4 is 10.0 Å². The lowest BCUT2D eigenvalue weighted by molar-refractivity contribution is 0.555. The average Bonchev–Trinajstić information content (AvgIpc) is 2.21. The summed E-state index contributed by atoms with van der Waals surface area (Å²) in [6, 6.07) is 4.30. The molecule has 1 aromatic rings. The van der Waals surface area contributed by atoms with Gasteiger partial charge in [0.25, 0.3) is 0 Å². The van der Waals surface area contributed by atoms with Crippen LogP contribution in [-0.4, -0.2) is 13.7 Å². The first-order valence-corrected chi connectivity index (χ1v) is 7.06. The Bertz CT molecular complexity index is 497. The van der Waals surface area contributed by atoms with Crippen molar-refractivity contribution in [1.29, 1.82) is 0 Å². The molecule has 1 unspecified atom stereocenters. The van der Waals surface area contributed by atoms with Gasteiger partial charge in [0.15, 0.2) is 0 Å². The molecule has 0 heterocycles. The van der Waals surface area contributed by atoms with Crippen LogP contribution < -0.4 is 4.72 Å². The summed E-state index contributed by atoms with van der Waals surface area (Å²) >= 11 is 0. The molecular weight excluding hydrogens is 241 g/mol. The molecule has 0 bridgehead atoms. The summed E-state index contributed by atoms with van der Waals surface area (Å²) in [5.74, 6) is -0.321. The second-order valence-corrected chi connectivity index (χ2v) is 6.71. The fraction of sp³-hybridized carbons (Fsp3) is 0.500. The van der Waals surface area contributed by atoms with Crippen molar-refractivity contribution in [2.75, 3.05) is 0 Å². The van der Waals surface area contributed by atoms with E-state index >= 15 is 0 Å². The van der Waals surface area contributed by atoms with E-state index in [0.29, 0.717) is 11.1 Å². The van der Waals surface area contributed by atoms with Gasteiger partial charge in [-0.05, 0) is 44.9 Å². The summed E-state index contributed by atoms with van der Waals surface area (Å²) in [6.07, 6.45) is 0. The van der Waals surface area contributed by atoms with Crippen LogP contribution in [0.2, 0.25) is 0 Å². The van der Waals surface area contributed by atoms with Gasteiger partial charge in [0, 0.05) is 6.04 Å². The minimum Gasteiger partial charge on any atom is -0.212 e. The average molecular weight is 259 g/mol. The van der Waals surface area contributed by atoms with E-state index in [9.17, 15) is 12.8 Å². The van der Waals surface area contributed by atoms with Gasteiger partial charge in [-0.3, -0.25) is 0 Å². The molecule has 5 heteroatoms. The fourth-order valence-corrected chi connectivity index (χ4v) is 2.23. The molecule has 0 spiro atoms. The van der Waals surface area contributed by atoms with Gasteiger partial charge in [-0.15, -0.1) is 0 Å². The molecule has 1 atom stereocenters. The van der Waals surface area contributed by atoms with Gasteiger partial charge < -0.3 is 0 Å². The number of aryl methyl sites for hydroxylation is 1. The largest absolute Gasteiger partial charge is 0.214 e. The summed E-state index contributed by atoms with van der Waals surface area (Å²) in [5.41, 5.74) is 1.17. The van der Waals surface area contributed by atoms with Crippen molar-refractivity contribution in [2.24, 2.45) is 0 Å². The Labute approximate surface area is 102 Å². The third-order valence-electron chi connectivity index (χ3n) is 2.66. The van der Waals surface area contributed by atoms with Crippen LogP contribution in [0.15, 0.2) is 18.2 Å². The summed E-state index contributed by atoms with van der Waals surface area (Å²) in [7, 11) is -3.34. The Morgan fingerprint density at radius 3 is 2.29 bits per heavy atom. The maximum Gasteiger partial charge on any atom is 0.214 e. The molecule has 0 aliphatic heterocycles. The summed E-state index contributed by atoms with van der Waals surface area (Å²) < 4.78 is 39.2. The van der Waals surface area contributed by atoms with Crippen molar-refractivity contribution in [1.82, 2.24) is 4.72 Å². The lowest BCUT2D eigenvalue weighted by Gasteiger charge is -2.17. The van der Waals surface area contributed by atoms with Crippen LogP contribution in [0, 0.1) is 12.7 Å². The normalized spacial score (nSPS) is 14.0. The van der Waals surface area contributed by atoms with E-state index in [1.807, 2.05) is 0 Å². The molecule has 0 aliphatic rings. The Balaban J connectivity index is 2.91. The highest BCUT2D eigenvalue weighted by molar-refractivity contribution is 7.90. The third-order valence-corrected chi connectivity index (χ3v) is 4.58. The number of hydrogen-bond donors (Lipinski definition) is 1. The molecule has 96 valence electrons. The highest BCUT2D eigenvalue weighted by Gasteiger charge is 2.19. The van der Waals surface area contributed by atoms with E-state index in [4.69, 9.17) is 0 Å². The fourth-order valence-electron chi connectivity index (χ4n) is 1.33. The van der Waals surface area contributed by atoms with E-state index < -0.39 is 21.3 Å². The first kappa shape index (κ1) is 14.1. The molecule has 0 radical (unpaired) electrons. The van der Waals surface area contributed by atoms with Crippen molar-refractivity contribution in [2.45, 2.75) is 39.0 Å². The van der Waals surface area contributed by atoms with Crippen LogP contribution in [0.1, 0.15) is 37.9 Å². The molecule has 0 amide bonds. The van der Waals surface area contributed by atoms with Crippen molar-refractivity contribution in [3.8, 4) is 0 Å². The smallest absolute Gasteiger partial charge is 0.212 e. The number of nitrogens with one attached hydrogen (secondary N) is 1. The summed E-state index contributed by atoms with van der Waals surface area (Å²) in [4.78, 5) is 0. The molecule has 1 aromatic carbocycles. The predicted octanol–water partition coefficient (Wildman–Crippen LogP) is 2.52. The summed E-state index contributed by atoms with van der Waals surface area (Å²) in [6.45, 7) is 6.57. The zero-order valence-electron chi connectivity index (χ0n) is 10.5. The third kappa shape index (κ3) is 3.51. The van der Waals surface area contributed by atoms with Crippen LogP contribution >= 0.6 is 0 Å². The maximum atomic E-state index is 13.4. The predicted molar refractivity (Wildman–Crippen MR) is 66.7 cm³/mol. The van der Waals surface area contributed by atoms with Gasteiger partial charge in [-0.2, -0.15) is 0 Å². The van der Waals surface area contributed by atoms with E-state index in [2.05, 4.69) is 4.72 Å². The highest BCUT2D eigenvalue weighted by atomic mass is 32.2. The molecule has 0 saturated carbocycles. The first-order chi connectivity index (χ1) is 7.74. The van der Waals surface area contributed by atoms with Crippen molar-refractivity contribution in [3.05, 3.63) is 35.1 Å². The Kier molecular flexibility index (Phi) is 4.27. The quantitative estimate of drug-likeness (QED) is 0.903. The molecule has 3 nitrogen and oxygen atoms in total. The molecule has 17 heavy (non-hydrogen) atoms. The second kappa shape index (κ2) is 5.14. The van der Waals surface area contributed by atoms with Gasteiger partial charge >= 0.3 is 0 Å². The Hall–Kier alpha value is -0.940. The van der Waals surface area contributed by atoms with Crippen molar-refractivity contribution < 1.29 is 12.8 Å². The minimum atomic E-state index is -3.34. The monoisotopic (exact) mass is 259 g/mol. The van der Waals surface area contributed by atoms with Gasteiger partial charge in [-0.1, -0.05) is 12.1 Å². The Morgan fingerprint density at radius 2 is 1.82 bits per heavy atom. The second-order valence-electron chi connectivity index (χ2n) is 4.44. The lowest BCUT2D eigenvalue weighted by Crippen LogP contribution is -2.32. The van der Waals surface area contributed by atoms with Gasteiger partial charge in [0.05, 0.1) is 5.25 Å². The Morgan fingerprint density at radius 1 is 1.24 bits per heavy atom. The number of benzene rings is 1. The SMILES string of the molecule is Cc1ccc(C(C)NS(=O)(=O)C(C)C)cc1F. The van der Waals surface area contributed by atoms with Gasteiger partial charge in [0.1, 0.15) is 5.82 Å². The number of sulfonamides is 1. The van der Waals surface area contributed by atoms with Crippen LogP contribution in [-0.2, 0) is 10.0 Å². The topological polar surface area (TPSA) is 46.2 Å².